The van der Waals surface area contributed by atoms with Crippen molar-refractivity contribution in [2.24, 2.45) is 4.99 Å². The number of carbonyl (C=O) groups excluding carboxylic acids is 2. The molecule has 0 aliphatic carbocycles. The lowest BCUT2D eigenvalue weighted by molar-refractivity contribution is -0.110. The number of benzene rings is 2. The van der Waals surface area contributed by atoms with E-state index in [4.69, 9.17) is 14.7 Å². The van der Waals surface area contributed by atoms with Gasteiger partial charge in [-0.3, -0.25) is 34.5 Å². The summed E-state index contributed by atoms with van der Waals surface area (Å²) in [6.07, 6.45) is 21.3. The highest BCUT2D eigenvalue weighted by Gasteiger charge is 2.29. The van der Waals surface area contributed by atoms with E-state index in [1.54, 1.807) is 18.5 Å². The van der Waals surface area contributed by atoms with Gasteiger partial charge in [-0.1, -0.05) is 31.0 Å². The highest BCUT2D eigenvalue weighted by atomic mass is 16.5. The number of amides is 2. The van der Waals surface area contributed by atoms with E-state index in [1.807, 2.05) is 75.0 Å². The first-order valence-corrected chi connectivity index (χ1v) is 25.5. The molecule has 16 nitrogen and oxygen atoms in total. The number of nitrogens with one attached hydrogen (secondary N) is 3. The standard InChI is InChI=1S/C56H63N13O3/c1-37-11-12-41(43-24-40(28-57-29-43)35-67-19-7-4-5-8-20-67)26-49(37)53(55(70)64-46-17-18-60-61-32-46)62-38(2)23-48-36-69(34-39(3)72-48)52-16-14-45(31-59-52)63-56(71)54-50-27-42(13-15-51(50)65-66-54)44-25-47(33-58-30-44)68-21-9-6-10-22-68/h11-18,24-33,38-39,48H,4-10,19-23,34-36H2,1-3H3,(H,63,71)(H,65,66)(H,60,64,70)/t38-,39?,48?/m1/s1. The fourth-order valence-corrected chi connectivity index (χ4v) is 10.3. The topological polar surface area (TPSA) is 183 Å². The van der Waals surface area contributed by atoms with Crippen molar-refractivity contribution in [1.82, 2.24) is 40.2 Å². The Morgan fingerprint density at radius 1 is 0.750 bits per heavy atom. The second kappa shape index (κ2) is 22.3. The molecule has 0 bridgehead atoms. The normalized spacial score (nSPS) is 18.4. The Morgan fingerprint density at radius 3 is 2.29 bits per heavy atom. The molecule has 8 heterocycles. The summed E-state index contributed by atoms with van der Waals surface area (Å²) in [4.78, 5) is 54.3. The zero-order chi connectivity index (χ0) is 49.4. The molecule has 2 amide bonds. The van der Waals surface area contributed by atoms with Gasteiger partial charge in [-0.15, -0.1) is 0 Å². The molecule has 370 valence electrons. The maximum Gasteiger partial charge on any atom is 0.276 e. The van der Waals surface area contributed by atoms with Gasteiger partial charge in [-0.05, 0) is 143 Å². The van der Waals surface area contributed by atoms with Gasteiger partial charge >= 0.3 is 0 Å². The van der Waals surface area contributed by atoms with Crippen molar-refractivity contribution in [2.75, 3.05) is 59.7 Å². The molecule has 10 rings (SSSR count). The SMILES string of the molecule is Cc1ccc(-c2cncc(CN3CCCCCC3)c2)cc1C(=N[C@H](C)CC1CN(c2ccc(NC(=O)c3n[nH]c4ccc(-c5cncc(N6CCCCC6)c5)cc34)cn2)CC(C)O1)C(=O)Nc1ccnnc1. The monoisotopic (exact) mass is 966 g/mol. The summed E-state index contributed by atoms with van der Waals surface area (Å²) in [6, 6.07) is 21.8. The summed E-state index contributed by atoms with van der Waals surface area (Å²) in [5, 5.41) is 22.0. The Kier molecular flexibility index (Phi) is 15.0. The number of ether oxygens (including phenoxy) is 1. The summed E-state index contributed by atoms with van der Waals surface area (Å²) in [6.45, 7) is 12.4. The number of nitrogens with zero attached hydrogens (tertiary/aromatic N) is 10. The van der Waals surface area contributed by atoms with Crippen molar-refractivity contribution in [3.63, 3.8) is 0 Å². The van der Waals surface area contributed by atoms with Gasteiger partial charge in [-0.25, -0.2) is 4.98 Å². The lowest BCUT2D eigenvalue weighted by Gasteiger charge is -2.38. The minimum atomic E-state index is -0.337. The third kappa shape index (κ3) is 11.7. The molecule has 0 saturated carbocycles. The number of hydrogen-bond donors (Lipinski definition) is 3. The van der Waals surface area contributed by atoms with Gasteiger partial charge in [0.1, 0.15) is 11.5 Å². The Hall–Kier alpha value is -7.43. The van der Waals surface area contributed by atoms with Crippen molar-refractivity contribution >= 4 is 51.3 Å². The fourth-order valence-electron chi connectivity index (χ4n) is 10.3. The molecule has 0 spiro atoms. The molecular weight excluding hydrogens is 903 g/mol. The number of anilines is 4. The zero-order valence-corrected chi connectivity index (χ0v) is 41.4. The average Bonchev–Trinajstić information content (AvgIpc) is 3.67. The van der Waals surface area contributed by atoms with Crippen LogP contribution < -0.4 is 20.4 Å². The number of carbonyl (C=O) groups is 2. The van der Waals surface area contributed by atoms with Gasteiger partial charge in [0.15, 0.2) is 5.69 Å². The number of aryl methyl sites for hydroxylation is 1. The number of fused-ring (bicyclic) bond motifs is 1. The van der Waals surface area contributed by atoms with E-state index in [2.05, 4.69) is 86.9 Å². The molecule has 3 fully saturated rings. The number of piperidine rings is 1. The molecule has 7 aromatic rings. The van der Waals surface area contributed by atoms with E-state index in [-0.39, 0.29) is 30.1 Å². The Labute approximate surface area is 420 Å². The molecular formula is C56H63N13O3. The summed E-state index contributed by atoms with van der Waals surface area (Å²) in [7, 11) is 0. The van der Waals surface area contributed by atoms with Gasteiger partial charge in [0.05, 0.1) is 65.6 Å². The van der Waals surface area contributed by atoms with E-state index < -0.39 is 0 Å². The molecule has 3 atom stereocenters. The first-order valence-electron chi connectivity index (χ1n) is 25.5. The van der Waals surface area contributed by atoms with E-state index in [9.17, 15) is 9.59 Å². The third-order valence-electron chi connectivity index (χ3n) is 13.9. The van der Waals surface area contributed by atoms with Crippen LogP contribution in [-0.2, 0) is 16.1 Å². The van der Waals surface area contributed by atoms with Gasteiger partial charge < -0.3 is 25.2 Å². The molecule has 2 unspecified atom stereocenters. The maximum absolute atomic E-state index is 14.3. The predicted molar refractivity (Wildman–Crippen MR) is 284 cm³/mol. The van der Waals surface area contributed by atoms with Gasteiger partial charge in [-0.2, -0.15) is 15.3 Å². The highest BCUT2D eigenvalue weighted by Crippen LogP contribution is 2.31. The summed E-state index contributed by atoms with van der Waals surface area (Å²) in [5.41, 5.74) is 10.3. The number of H-pyrrole nitrogens is 1. The van der Waals surface area contributed by atoms with Gasteiger partial charge in [0, 0.05) is 73.4 Å². The molecule has 2 aromatic carbocycles. The van der Waals surface area contributed by atoms with E-state index >= 15 is 0 Å². The van der Waals surface area contributed by atoms with Crippen molar-refractivity contribution < 1.29 is 14.3 Å². The molecule has 16 heteroatoms. The summed E-state index contributed by atoms with van der Waals surface area (Å²) < 4.78 is 6.51. The van der Waals surface area contributed by atoms with Crippen LogP contribution >= 0.6 is 0 Å². The zero-order valence-electron chi connectivity index (χ0n) is 41.4. The van der Waals surface area contributed by atoms with Crippen LogP contribution in [0.5, 0.6) is 0 Å². The Bertz CT molecular complexity index is 3020. The number of aromatic nitrogens is 7. The van der Waals surface area contributed by atoms with E-state index in [0.29, 0.717) is 42.3 Å². The van der Waals surface area contributed by atoms with Crippen LogP contribution in [-0.4, -0.2) is 115 Å². The summed E-state index contributed by atoms with van der Waals surface area (Å²) >= 11 is 0. The van der Waals surface area contributed by atoms with Crippen LogP contribution in [0.25, 0.3) is 33.2 Å². The minimum absolute atomic E-state index is 0.0911. The van der Waals surface area contributed by atoms with E-state index in [0.717, 1.165) is 88.5 Å². The molecule has 3 N–H and O–H groups in total. The quantitative estimate of drug-likeness (QED) is 0.0880. The largest absolute Gasteiger partial charge is 0.372 e. The molecule has 3 aliphatic rings. The lowest BCUT2D eigenvalue weighted by atomic mass is 9.96. The van der Waals surface area contributed by atoms with Crippen LogP contribution in [0.4, 0.5) is 22.9 Å². The van der Waals surface area contributed by atoms with Crippen LogP contribution in [0.15, 0.2) is 115 Å². The molecule has 3 saturated heterocycles. The Balaban J connectivity index is 0.824. The second-order valence-corrected chi connectivity index (χ2v) is 19.6. The van der Waals surface area contributed by atoms with Crippen molar-refractivity contribution in [3.8, 4) is 22.3 Å². The Morgan fingerprint density at radius 2 is 1.50 bits per heavy atom. The number of pyridine rings is 3. The molecule has 72 heavy (non-hydrogen) atoms. The van der Waals surface area contributed by atoms with Crippen LogP contribution in [0.3, 0.4) is 0 Å². The molecule has 3 aliphatic heterocycles. The smallest absolute Gasteiger partial charge is 0.276 e. The fraction of sp³-hybridized carbons (Fsp3) is 0.375. The molecule has 5 aromatic heterocycles. The lowest BCUT2D eigenvalue weighted by Crippen LogP contribution is -2.47. The predicted octanol–water partition coefficient (Wildman–Crippen LogP) is 9.30. The minimum Gasteiger partial charge on any atom is -0.372 e. The number of likely N-dealkylation sites (tertiary alicyclic amines) is 1. The third-order valence-corrected chi connectivity index (χ3v) is 13.9. The van der Waals surface area contributed by atoms with Crippen LogP contribution in [0.2, 0.25) is 0 Å². The molecule has 0 radical (unpaired) electrons. The first kappa shape index (κ1) is 48.2. The number of hydrogen-bond acceptors (Lipinski definition) is 13. The second-order valence-electron chi connectivity index (χ2n) is 19.6. The van der Waals surface area contributed by atoms with Gasteiger partial charge in [0.25, 0.3) is 11.8 Å². The first-order chi connectivity index (χ1) is 35.2. The number of rotatable bonds is 14. The number of aromatic amines is 1. The van der Waals surface area contributed by atoms with Crippen molar-refractivity contribution in [3.05, 3.63) is 132 Å². The van der Waals surface area contributed by atoms with Crippen LogP contribution in [0, 0.1) is 6.92 Å². The van der Waals surface area contributed by atoms with Crippen LogP contribution in [0.1, 0.15) is 92.4 Å². The maximum atomic E-state index is 14.3. The number of aliphatic imine (C=N–C) groups is 1. The number of morpholine rings is 1. The highest BCUT2D eigenvalue weighted by molar-refractivity contribution is 6.49. The average molecular weight is 966 g/mol. The van der Waals surface area contributed by atoms with Gasteiger partial charge in [0.2, 0.25) is 0 Å². The van der Waals surface area contributed by atoms with Crippen molar-refractivity contribution in [1.29, 1.82) is 0 Å². The summed E-state index contributed by atoms with van der Waals surface area (Å²) in [5.74, 6) is 0.0960. The van der Waals surface area contributed by atoms with E-state index in [1.165, 1.54) is 56.7 Å². The van der Waals surface area contributed by atoms with Crippen molar-refractivity contribution in [2.45, 2.75) is 96.9 Å².